The fourth-order valence-corrected chi connectivity index (χ4v) is 3.69. The normalized spacial score (nSPS) is 11.0. The van der Waals surface area contributed by atoms with Gasteiger partial charge in [-0.2, -0.15) is 0 Å². The van der Waals surface area contributed by atoms with Crippen LogP contribution in [0, 0.1) is 0 Å². The predicted octanol–water partition coefficient (Wildman–Crippen LogP) is 4.75. The van der Waals surface area contributed by atoms with E-state index in [9.17, 15) is 4.79 Å². The number of hydrogen-bond acceptors (Lipinski definition) is 4. The standard InChI is InChI=1S/C24H29BrN4O2/c1-4-28(5-2)15-16-29(21-8-6-7-20(25)17-21)24(30)19-9-11-22(12-10-19)31-18-23-26-13-14-27(23)3/h6-14,17H,4-5,15-16,18H2,1-3H3. The SMILES string of the molecule is CCN(CC)CCN(C(=O)c1ccc(OCc2nccn2C)cc1)c1cccc(Br)c1. The second-order valence-corrected chi connectivity index (χ2v) is 8.15. The first-order valence-corrected chi connectivity index (χ1v) is 11.3. The highest BCUT2D eigenvalue weighted by atomic mass is 79.9. The lowest BCUT2D eigenvalue weighted by atomic mass is 10.1. The van der Waals surface area contributed by atoms with Gasteiger partial charge in [0.1, 0.15) is 18.2 Å². The summed E-state index contributed by atoms with van der Waals surface area (Å²) in [5.41, 5.74) is 1.51. The van der Waals surface area contributed by atoms with Gasteiger partial charge in [-0.1, -0.05) is 35.8 Å². The Morgan fingerprint density at radius 3 is 2.45 bits per heavy atom. The summed E-state index contributed by atoms with van der Waals surface area (Å²) in [7, 11) is 1.93. The summed E-state index contributed by atoms with van der Waals surface area (Å²) in [6, 6.07) is 15.2. The van der Waals surface area contributed by atoms with E-state index in [0.717, 1.165) is 35.6 Å². The molecule has 7 heteroatoms. The van der Waals surface area contributed by atoms with Crippen molar-refractivity contribution in [2.75, 3.05) is 31.1 Å². The lowest BCUT2D eigenvalue weighted by Crippen LogP contribution is -2.38. The van der Waals surface area contributed by atoms with Crippen molar-refractivity contribution >= 4 is 27.5 Å². The molecular weight excluding hydrogens is 456 g/mol. The number of halogens is 1. The van der Waals surface area contributed by atoms with Gasteiger partial charge in [0.15, 0.2) is 0 Å². The van der Waals surface area contributed by atoms with Gasteiger partial charge in [0.2, 0.25) is 0 Å². The molecule has 1 amide bonds. The van der Waals surface area contributed by atoms with Crippen LogP contribution in [0.15, 0.2) is 65.4 Å². The number of aromatic nitrogens is 2. The van der Waals surface area contributed by atoms with Gasteiger partial charge in [-0.25, -0.2) is 4.98 Å². The smallest absolute Gasteiger partial charge is 0.258 e. The van der Waals surface area contributed by atoms with E-state index in [1.807, 2.05) is 71.2 Å². The molecule has 0 saturated heterocycles. The molecule has 0 unspecified atom stereocenters. The molecule has 0 atom stereocenters. The summed E-state index contributed by atoms with van der Waals surface area (Å²) in [5, 5.41) is 0. The minimum atomic E-state index is -0.0269. The Kier molecular flexibility index (Phi) is 8.26. The van der Waals surface area contributed by atoms with Crippen molar-refractivity contribution in [3.05, 3.63) is 76.8 Å². The number of benzene rings is 2. The molecule has 164 valence electrons. The highest BCUT2D eigenvalue weighted by Crippen LogP contribution is 2.23. The van der Waals surface area contributed by atoms with Crippen molar-refractivity contribution in [2.24, 2.45) is 7.05 Å². The number of carbonyl (C=O) groups excluding carboxylic acids is 1. The molecule has 0 aliphatic rings. The van der Waals surface area contributed by atoms with Gasteiger partial charge < -0.3 is 19.1 Å². The number of anilines is 1. The molecule has 1 heterocycles. The number of nitrogens with zero attached hydrogens (tertiary/aromatic N) is 4. The molecule has 0 saturated carbocycles. The van der Waals surface area contributed by atoms with Gasteiger partial charge in [-0.15, -0.1) is 0 Å². The van der Waals surface area contributed by atoms with Crippen molar-refractivity contribution in [3.8, 4) is 5.75 Å². The fraction of sp³-hybridized carbons (Fsp3) is 0.333. The van der Waals surface area contributed by atoms with Crippen molar-refractivity contribution in [1.82, 2.24) is 14.5 Å². The van der Waals surface area contributed by atoms with Gasteiger partial charge in [0.25, 0.3) is 5.91 Å². The molecule has 0 N–H and O–H groups in total. The number of amides is 1. The lowest BCUT2D eigenvalue weighted by molar-refractivity contribution is 0.0983. The fourth-order valence-electron chi connectivity index (χ4n) is 3.31. The number of rotatable bonds is 10. The molecule has 3 rings (SSSR count). The molecule has 0 radical (unpaired) electrons. The maximum Gasteiger partial charge on any atom is 0.258 e. The molecule has 0 bridgehead atoms. The number of imidazole rings is 1. The summed E-state index contributed by atoms with van der Waals surface area (Å²) >= 11 is 3.52. The van der Waals surface area contributed by atoms with E-state index in [-0.39, 0.29) is 5.91 Å². The third kappa shape index (κ3) is 6.18. The number of hydrogen-bond donors (Lipinski definition) is 0. The Bertz CT molecular complexity index is 983. The zero-order valence-electron chi connectivity index (χ0n) is 18.3. The Hall–Kier alpha value is -2.64. The average Bonchev–Trinajstić information content (AvgIpc) is 3.20. The van der Waals surface area contributed by atoms with Gasteiger partial charge in [-0.3, -0.25) is 4.79 Å². The highest BCUT2D eigenvalue weighted by molar-refractivity contribution is 9.10. The van der Waals surface area contributed by atoms with Crippen LogP contribution in [0.3, 0.4) is 0 Å². The third-order valence-electron chi connectivity index (χ3n) is 5.29. The largest absolute Gasteiger partial charge is 0.486 e. The van der Waals surface area contributed by atoms with Crippen LogP contribution in [0.5, 0.6) is 5.75 Å². The zero-order valence-corrected chi connectivity index (χ0v) is 19.9. The molecule has 1 aromatic heterocycles. The first kappa shape index (κ1) is 23.0. The molecule has 0 aliphatic heterocycles. The minimum absolute atomic E-state index is 0.0269. The molecular formula is C24H29BrN4O2. The van der Waals surface area contributed by atoms with E-state index in [0.29, 0.717) is 24.5 Å². The maximum atomic E-state index is 13.4. The number of likely N-dealkylation sites (N-methyl/N-ethyl adjacent to an activating group) is 1. The van der Waals surface area contributed by atoms with Gasteiger partial charge >= 0.3 is 0 Å². The van der Waals surface area contributed by atoms with Crippen LogP contribution in [0.2, 0.25) is 0 Å². The maximum absolute atomic E-state index is 13.4. The lowest BCUT2D eigenvalue weighted by Gasteiger charge is -2.27. The first-order valence-electron chi connectivity index (χ1n) is 10.5. The second-order valence-electron chi connectivity index (χ2n) is 7.23. The summed E-state index contributed by atoms with van der Waals surface area (Å²) < 4.78 is 8.68. The molecule has 6 nitrogen and oxygen atoms in total. The van der Waals surface area contributed by atoms with Crippen LogP contribution in [0.25, 0.3) is 0 Å². The van der Waals surface area contributed by atoms with E-state index in [2.05, 4.69) is 39.7 Å². The van der Waals surface area contributed by atoms with E-state index in [1.165, 1.54) is 0 Å². The molecule has 0 aliphatic carbocycles. The second kappa shape index (κ2) is 11.1. The van der Waals surface area contributed by atoms with Crippen LogP contribution in [0.4, 0.5) is 5.69 Å². The van der Waals surface area contributed by atoms with Crippen molar-refractivity contribution < 1.29 is 9.53 Å². The van der Waals surface area contributed by atoms with E-state index >= 15 is 0 Å². The third-order valence-corrected chi connectivity index (χ3v) is 5.78. The molecule has 31 heavy (non-hydrogen) atoms. The van der Waals surface area contributed by atoms with Gasteiger partial charge in [-0.05, 0) is 55.6 Å². The van der Waals surface area contributed by atoms with E-state index < -0.39 is 0 Å². The van der Waals surface area contributed by atoms with Crippen molar-refractivity contribution in [1.29, 1.82) is 0 Å². The summed E-state index contributed by atoms with van der Waals surface area (Å²) in [5.74, 6) is 1.52. The van der Waals surface area contributed by atoms with Crippen LogP contribution in [0.1, 0.15) is 30.0 Å². The summed E-state index contributed by atoms with van der Waals surface area (Å²) in [6.45, 7) is 8.00. The zero-order chi connectivity index (χ0) is 22.2. The van der Waals surface area contributed by atoms with Crippen molar-refractivity contribution in [3.63, 3.8) is 0 Å². The Morgan fingerprint density at radius 1 is 1.10 bits per heavy atom. The Labute approximate surface area is 192 Å². The van der Waals surface area contributed by atoms with Crippen LogP contribution in [-0.2, 0) is 13.7 Å². The van der Waals surface area contributed by atoms with Gasteiger partial charge in [0.05, 0.1) is 0 Å². The Morgan fingerprint density at radius 2 is 1.84 bits per heavy atom. The van der Waals surface area contributed by atoms with E-state index in [4.69, 9.17) is 4.74 Å². The van der Waals surface area contributed by atoms with Gasteiger partial charge in [0, 0.05) is 48.3 Å². The van der Waals surface area contributed by atoms with Crippen LogP contribution in [-0.4, -0.2) is 46.5 Å². The van der Waals surface area contributed by atoms with Crippen molar-refractivity contribution in [2.45, 2.75) is 20.5 Å². The highest BCUT2D eigenvalue weighted by Gasteiger charge is 2.19. The quantitative estimate of drug-likeness (QED) is 0.416. The number of aryl methyl sites for hydroxylation is 1. The van der Waals surface area contributed by atoms with Crippen LogP contribution < -0.4 is 9.64 Å². The number of ether oxygens (including phenoxy) is 1. The monoisotopic (exact) mass is 484 g/mol. The van der Waals surface area contributed by atoms with Crippen LogP contribution >= 0.6 is 15.9 Å². The van der Waals surface area contributed by atoms with E-state index in [1.54, 1.807) is 6.20 Å². The summed E-state index contributed by atoms with van der Waals surface area (Å²) in [4.78, 5) is 21.8. The molecule has 0 fully saturated rings. The Balaban J connectivity index is 1.74. The predicted molar refractivity (Wildman–Crippen MR) is 128 cm³/mol. The average molecular weight is 485 g/mol. The molecule has 2 aromatic carbocycles. The first-order chi connectivity index (χ1) is 15.0. The molecule has 3 aromatic rings. The molecule has 0 spiro atoms. The summed E-state index contributed by atoms with van der Waals surface area (Å²) in [6.07, 6.45) is 3.63. The topological polar surface area (TPSA) is 50.6 Å². The minimum Gasteiger partial charge on any atom is -0.486 e. The number of carbonyl (C=O) groups is 1.